The largest absolute Gasteiger partial charge is 0.301 e. The molecule has 0 spiro atoms. The Hall–Kier alpha value is -0.480. The van der Waals surface area contributed by atoms with E-state index in [1.807, 2.05) is 13.8 Å². The minimum atomic E-state index is -0.0610. The predicted molar refractivity (Wildman–Crippen MR) is 60.4 cm³/mol. The minimum absolute atomic E-state index is 0.0610. The summed E-state index contributed by atoms with van der Waals surface area (Å²) in [6.45, 7) is 3.86. The summed E-state index contributed by atoms with van der Waals surface area (Å²) in [5, 5.41) is 0.688. The van der Waals surface area contributed by atoms with E-state index in [4.69, 9.17) is 11.6 Å². The number of nitrogens with zero attached hydrogens (tertiary/aromatic N) is 1. The highest BCUT2D eigenvalue weighted by Gasteiger charge is 2.06. The van der Waals surface area contributed by atoms with Gasteiger partial charge in [-0.3, -0.25) is 4.79 Å². The summed E-state index contributed by atoms with van der Waals surface area (Å²) >= 11 is 7.13. The van der Waals surface area contributed by atoms with Crippen LogP contribution in [0.5, 0.6) is 0 Å². The topological polar surface area (TPSA) is 45.8 Å². The van der Waals surface area contributed by atoms with E-state index in [9.17, 15) is 4.79 Å². The van der Waals surface area contributed by atoms with Crippen molar-refractivity contribution in [1.82, 2.24) is 9.97 Å². The smallest absolute Gasteiger partial charge is 0.255 e. The molecule has 1 rings (SSSR count). The summed E-state index contributed by atoms with van der Waals surface area (Å²) in [6.07, 6.45) is 0.576. The number of halogens is 1. The maximum atomic E-state index is 11.6. The van der Waals surface area contributed by atoms with Crippen LogP contribution in [0, 0.1) is 6.92 Å². The minimum Gasteiger partial charge on any atom is -0.301 e. The van der Waals surface area contributed by atoms with Crippen molar-refractivity contribution >= 4 is 23.4 Å². The third-order valence-electron chi connectivity index (χ3n) is 1.83. The molecule has 5 heteroatoms. The third kappa shape index (κ3) is 2.75. The average molecular weight is 233 g/mol. The second-order valence-electron chi connectivity index (χ2n) is 2.81. The molecule has 0 aliphatic rings. The Morgan fingerprint density at radius 1 is 1.57 bits per heavy atom. The number of hydrogen-bond acceptors (Lipinski definition) is 3. The molecule has 0 radical (unpaired) electrons. The van der Waals surface area contributed by atoms with Gasteiger partial charge < -0.3 is 4.98 Å². The molecule has 0 atom stereocenters. The number of alkyl halides is 1. The number of hydrogen-bond donors (Lipinski definition) is 1. The Morgan fingerprint density at radius 2 is 2.29 bits per heavy atom. The number of aromatic nitrogens is 2. The van der Waals surface area contributed by atoms with E-state index in [0.717, 1.165) is 11.4 Å². The SMILES string of the molecule is CCSc1nc(C)c(CCCl)c(=O)[nH]1. The molecule has 1 aromatic heterocycles. The van der Waals surface area contributed by atoms with E-state index in [1.165, 1.54) is 11.8 Å². The van der Waals surface area contributed by atoms with Crippen LogP contribution in [-0.4, -0.2) is 21.6 Å². The van der Waals surface area contributed by atoms with Gasteiger partial charge in [-0.15, -0.1) is 11.6 Å². The normalized spacial score (nSPS) is 10.5. The number of H-pyrrole nitrogens is 1. The third-order valence-corrected chi connectivity index (χ3v) is 2.77. The Balaban J connectivity index is 3.05. The number of thioether (sulfide) groups is 1. The summed E-state index contributed by atoms with van der Waals surface area (Å²) in [7, 11) is 0. The molecule has 0 aromatic carbocycles. The highest BCUT2D eigenvalue weighted by molar-refractivity contribution is 7.99. The lowest BCUT2D eigenvalue weighted by atomic mass is 10.2. The molecule has 0 fully saturated rings. The zero-order valence-electron chi connectivity index (χ0n) is 8.26. The lowest BCUT2D eigenvalue weighted by molar-refractivity contribution is 0.860. The average Bonchev–Trinajstić information content (AvgIpc) is 2.12. The summed E-state index contributed by atoms with van der Waals surface area (Å²) in [4.78, 5) is 18.6. The van der Waals surface area contributed by atoms with Gasteiger partial charge in [0.1, 0.15) is 0 Å². The molecule has 0 unspecified atom stereocenters. The molecule has 3 nitrogen and oxygen atoms in total. The summed E-state index contributed by atoms with van der Waals surface area (Å²) < 4.78 is 0. The van der Waals surface area contributed by atoms with Crippen molar-refractivity contribution in [2.24, 2.45) is 0 Å². The van der Waals surface area contributed by atoms with Crippen LogP contribution in [0.3, 0.4) is 0 Å². The molecule has 0 aliphatic heterocycles. The molecule has 1 heterocycles. The Kier molecular flexibility index (Phi) is 4.48. The maximum absolute atomic E-state index is 11.6. The standard InChI is InChI=1S/C9H13ClN2OS/c1-3-14-9-11-6(2)7(4-5-10)8(13)12-9/h3-5H2,1-2H3,(H,11,12,13). The van der Waals surface area contributed by atoms with E-state index in [1.54, 1.807) is 0 Å². The molecule has 0 bridgehead atoms. The van der Waals surface area contributed by atoms with Gasteiger partial charge in [-0.1, -0.05) is 18.7 Å². The van der Waals surface area contributed by atoms with Crippen LogP contribution in [0.4, 0.5) is 0 Å². The van der Waals surface area contributed by atoms with Gasteiger partial charge in [-0.25, -0.2) is 4.98 Å². The van der Waals surface area contributed by atoms with E-state index < -0.39 is 0 Å². The second-order valence-corrected chi connectivity index (χ2v) is 4.44. The summed E-state index contributed by atoms with van der Waals surface area (Å²) in [6, 6.07) is 0. The molecular weight excluding hydrogens is 220 g/mol. The zero-order chi connectivity index (χ0) is 10.6. The van der Waals surface area contributed by atoms with Crippen LogP contribution in [0.2, 0.25) is 0 Å². The molecule has 0 saturated heterocycles. The quantitative estimate of drug-likeness (QED) is 0.491. The van der Waals surface area contributed by atoms with Crippen LogP contribution in [0.1, 0.15) is 18.2 Å². The fourth-order valence-corrected chi connectivity index (χ4v) is 2.01. The number of nitrogens with one attached hydrogen (secondary N) is 1. The van der Waals surface area contributed by atoms with Crippen LogP contribution in [0.25, 0.3) is 0 Å². The first-order valence-electron chi connectivity index (χ1n) is 4.47. The summed E-state index contributed by atoms with van der Waals surface area (Å²) in [5.74, 6) is 1.35. The van der Waals surface area contributed by atoms with Crippen molar-refractivity contribution in [2.45, 2.75) is 25.4 Å². The first-order chi connectivity index (χ1) is 6.69. The first kappa shape index (κ1) is 11.6. The van der Waals surface area contributed by atoms with Crippen molar-refractivity contribution < 1.29 is 0 Å². The molecular formula is C9H13ClN2OS. The highest BCUT2D eigenvalue weighted by Crippen LogP contribution is 2.11. The van der Waals surface area contributed by atoms with E-state index in [2.05, 4.69) is 9.97 Å². The fourth-order valence-electron chi connectivity index (χ4n) is 1.18. The van der Waals surface area contributed by atoms with Crippen molar-refractivity contribution in [1.29, 1.82) is 0 Å². The molecule has 1 aromatic rings. The van der Waals surface area contributed by atoms with Gasteiger partial charge in [0.05, 0.1) is 0 Å². The number of rotatable bonds is 4. The molecule has 0 saturated carbocycles. The second kappa shape index (κ2) is 5.41. The van der Waals surface area contributed by atoms with Crippen LogP contribution >= 0.6 is 23.4 Å². The van der Waals surface area contributed by atoms with Gasteiger partial charge in [0, 0.05) is 17.1 Å². The van der Waals surface area contributed by atoms with Crippen LogP contribution < -0.4 is 5.56 Å². The Morgan fingerprint density at radius 3 is 2.79 bits per heavy atom. The lowest BCUT2D eigenvalue weighted by Gasteiger charge is -2.04. The van der Waals surface area contributed by atoms with Crippen molar-refractivity contribution in [2.75, 3.05) is 11.6 Å². The number of aromatic amines is 1. The summed E-state index contributed by atoms with van der Waals surface area (Å²) in [5.41, 5.74) is 1.42. The Labute approximate surface area is 92.3 Å². The van der Waals surface area contributed by atoms with E-state index in [0.29, 0.717) is 23.0 Å². The van der Waals surface area contributed by atoms with Crippen molar-refractivity contribution in [3.05, 3.63) is 21.6 Å². The predicted octanol–water partition coefficient (Wildman–Crippen LogP) is 1.97. The van der Waals surface area contributed by atoms with Crippen LogP contribution in [0.15, 0.2) is 9.95 Å². The highest BCUT2D eigenvalue weighted by atomic mass is 35.5. The van der Waals surface area contributed by atoms with Crippen LogP contribution in [-0.2, 0) is 6.42 Å². The van der Waals surface area contributed by atoms with E-state index in [-0.39, 0.29) is 5.56 Å². The Bertz CT molecular complexity index is 364. The van der Waals surface area contributed by atoms with Gasteiger partial charge in [-0.2, -0.15) is 0 Å². The molecule has 0 aliphatic carbocycles. The molecule has 0 amide bonds. The number of aryl methyl sites for hydroxylation is 1. The monoisotopic (exact) mass is 232 g/mol. The van der Waals surface area contributed by atoms with Gasteiger partial charge in [0.2, 0.25) is 0 Å². The molecule has 78 valence electrons. The fraction of sp³-hybridized carbons (Fsp3) is 0.556. The maximum Gasteiger partial charge on any atom is 0.255 e. The van der Waals surface area contributed by atoms with Gasteiger partial charge in [0.25, 0.3) is 5.56 Å². The zero-order valence-corrected chi connectivity index (χ0v) is 9.84. The van der Waals surface area contributed by atoms with Gasteiger partial charge in [-0.05, 0) is 19.1 Å². The van der Waals surface area contributed by atoms with Gasteiger partial charge >= 0.3 is 0 Å². The van der Waals surface area contributed by atoms with Crippen molar-refractivity contribution in [3.8, 4) is 0 Å². The van der Waals surface area contributed by atoms with Gasteiger partial charge in [0.15, 0.2) is 5.16 Å². The van der Waals surface area contributed by atoms with Crippen molar-refractivity contribution in [3.63, 3.8) is 0 Å². The first-order valence-corrected chi connectivity index (χ1v) is 5.99. The van der Waals surface area contributed by atoms with E-state index >= 15 is 0 Å². The lowest BCUT2D eigenvalue weighted by Crippen LogP contribution is -2.17. The molecule has 14 heavy (non-hydrogen) atoms. The molecule has 1 N–H and O–H groups in total.